The zero-order chi connectivity index (χ0) is 13.9. The van der Waals surface area contributed by atoms with Crippen molar-refractivity contribution in [3.05, 3.63) is 15.9 Å². The van der Waals surface area contributed by atoms with Crippen LogP contribution in [-0.4, -0.2) is 37.6 Å². The number of hydrogen-bond donors (Lipinski definition) is 2. The zero-order valence-corrected chi connectivity index (χ0v) is 12.2. The number of thiophene rings is 1. The Hall–Kier alpha value is -0.970. The van der Waals surface area contributed by atoms with Gasteiger partial charge in [0.1, 0.15) is 4.21 Å². The molecule has 0 saturated heterocycles. The molecule has 18 heavy (non-hydrogen) atoms. The van der Waals surface area contributed by atoms with E-state index in [0.29, 0.717) is 8.09 Å². The van der Waals surface area contributed by atoms with Crippen LogP contribution in [0.4, 0.5) is 0 Å². The SMILES string of the molecule is NC(=O)CN(CC(N)=O)S(=O)(=O)c1ccc(Br)s1. The largest absolute Gasteiger partial charge is 0.369 e. The van der Waals surface area contributed by atoms with Gasteiger partial charge in [-0.25, -0.2) is 8.42 Å². The van der Waals surface area contributed by atoms with Crippen molar-refractivity contribution in [2.75, 3.05) is 13.1 Å². The van der Waals surface area contributed by atoms with Crippen LogP contribution in [-0.2, 0) is 19.6 Å². The molecule has 0 aliphatic rings. The maximum Gasteiger partial charge on any atom is 0.253 e. The van der Waals surface area contributed by atoms with Gasteiger partial charge in [0.15, 0.2) is 0 Å². The fraction of sp³-hybridized carbons (Fsp3) is 0.250. The molecule has 4 N–H and O–H groups in total. The summed E-state index contributed by atoms with van der Waals surface area (Å²) in [6, 6.07) is 2.91. The predicted molar refractivity (Wildman–Crippen MR) is 69.2 cm³/mol. The van der Waals surface area contributed by atoms with Crippen molar-refractivity contribution in [2.45, 2.75) is 4.21 Å². The third kappa shape index (κ3) is 3.77. The van der Waals surface area contributed by atoms with Gasteiger partial charge in [-0.2, -0.15) is 4.31 Å². The summed E-state index contributed by atoms with van der Waals surface area (Å²) in [6.07, 6.45) is 0. The van der Waals surface area contributed by atoms with Crippen LogP contribution in [0.5, 0.6) is 0 Å². The fourth-order valence-electron chi connectivity index (χ4n) is 1.14. The molecule has 1 rings (SSSR count). The van der Waals surface area contributed by atoms with E-state index in [1.165, 1.54) is 6.07 Å². The molecule has 7 nitrogen and oxygen atoms in total. The Bertz CT molecular complexity index is 553. The average Bonchev–Trinajstić information content (AvgIpc) is 2.63. The second kappa shape index (κ2) is 5.78. The number of amides is 2. The van der Waals surface area contributed by atoms with E-state index in [0.717, 1.165) is 11.3 Å². The van der Waals surface area contributed by atoms with Gasteiger partial charge in [0.25, 0.3) is 10.0 Å². The molecule has 1 heterocycles. The van der Waals surface area contributed by atoms with Crippen molar-refractivity contribution in [1.82, 2.24) is 4.31 Å². The summed E-state index contributed by atoms with van der Waals surface area (Å²) in [5.74, 6) is -1.73. The lowest BCUT2D eigenvalue weighted by atomic mass is 10.5. The first-order chi connectivity index (χ1) is 8.23. The lowest BCUT2D eigenvalue weighted by molar-refractivity contribution is -0.120. The zero-order valence-electron chi connectivity index (χ0n) is 9.00. The molecular weight excluding hydrogens is 346 g/mol. The minimum absolute atomic E-state index is 0.00289. The van der Waals surface area contributed by atoms with E-state index in [1.54, 1.807) is 6.07 Å². The third-order valence-corrected chi connectivity index (χ3v) is 5.69. The number of nitrogens with zero attached hydrogens (tertiary/aromatic N) is 1. The van der Waals surface area contributed by atoms with Gasteiger partial charge in [-0.3, -0.25) is 9.59 Å². The topological polar surface area (TPSA) is 124 Å². The van der Waals surface area contributed by atoms with E-state index in [1.807, 2.05) is 0 Å². The van der Waals surface area contributed by atoms with Crippen LogP contribution in [0.25, 0.3) is 0 Å². The van der Waals surface area contributed by atoms with Gasteiger partial charge in [0.2, 0.25) is 11.8 Å². The monoisotopic (exact) mass is 355 g/mol. The molecule has 0 atom stereocenters. The molecule has 0 bridgehead atoms. The third-order valence-electron chi connectivity index (χ3n) is 1.81. The second-order valence-electron chi connectivity index (χ2n) is 3.26. The van der Waals surface area contributed by atoms with Crippen molar-refractivity contribution in [3.8, 4) is 0 Å². The predicted octanol–water partition coefficient (Wildman–Crippen LogP) is -0.528. The Morgan fingerprint density at radius 3 is 2.06 bits per heavy atom. The van der Waals surface area contributed by atoms with Crippen LogP contribution in [0.2, 0.25) is 0 Å². The quantitative estimate of drug-likeness (QED) is 0.711. The number of carbonyl (C=O) groups is 2. The van der Waals surface area contributed by atoms with Crippen molar-refractivity contribution in [3.63, 3.8) is 0 Å². The molecule has 0 aliphatic carbocycles. The van der Waals surface area contributed by atoms with Crippen LogP contribution < -0.4 is 11.5 Å². The Morgan fingerprint density at radius 2 is 1.72 bits per heavy atom. The Labute approximate surface area is 116 Å². The highest BCUT2D eigenvalue weighted by Crippen LogP contribution is 2.28. The second-order valence-corrected chi connectivity index (χ2v) is 7.89. The molecule has 10 heteroatoms. The number of sulfonamides is 1. The number of hydrogen-bond acceptors (Lipinski definition) is 5. The van der Waals surface area contributed by atoms with Crippen LogP contribution >= 0.6 is 27.3 Å². The van der Waals surface area contributed by atoms with Gasteiger partial charge in [0, 0.05) is 0 Å². The lowest BCUT2D eigenvalue weighted by Gasteiger charge is -2.17. The van der Waals surface area contributed by atoms with E-state index in [-0.39, 0.29) is 4.21 Å². The Balaban J connectivity index is 3.10. The van der Waals surface area contributed by atoms with Crippen LogP contribution in [0.1, 0.15) is 0 Å². The van der Waals surface area contributed by atoms with Gasteiger partial charge in [-0.15, -0.1) is 11.3 Å². The Morgan fingerprint density at radius 1 is 1.22 bits per heavy atom. The molecule has 0 fully saturated rings. The molecule has 0 aliphatic heterocycles. The first kappa shape index (κ1) is 15.1. The lowest BCUT2D eigenvalue weighted by Crippen LogP contribution is -2.42. The number of halogens is 1. The van der Waals surface area contributed by atoms with E-state index in [2.05, 4.69) is 15.9 Å². The highest BCUT2D eigenvalue weighted by atomic mass is 79.9. The summed E-state index contributed by atoms with van der Waals surface area (Å²) in [5.41, 5.74) is 9.89. The molecule has 0 unspecified atom stereocenters. The summed E-state index contributed by atoms with van der Waals surface area (Å²) >= 11 is 4.09. The smallest absolute Gasteiger partial charge is 0.253 e. The van der Waals surface area contributed by atoms with Crippen LogP contribution in [0, 0.1) is 0 Å². The summed E-state index contributed by atoms with van der Waals surface area (Å²) in [7, 11) is -3.95. The van der Waals surface area contributed by atoms with Crippen molar-refractivity contribution < 1.29 is 18.0 Å². The molecule has 100 valence electrons. The van der Waals surface area contributed by atoms with E-state index < -0.39 is 34.9 Å². The molecule has 1 aromatic heterocycles. The first-order valence-corrected chi connectivity index (χ1v) is 7.60. The van der Waals surface area contributed by atoms with Gasteiger partial charge in [0.05, 0.1) is 16.9 Å². The number of nitrogens with two attached hydrogens (primary N) is 2. The average molecular weight is 356 g/mol. The van der Waals surface area contributed by atoms with Crippen molar-refractivity contribution >= 4 is 49.1 Å². The molecule has 1 aromatic rings. The first-order valence-electron chi connectivity index (χ1n) is 4.55. The van der Waals surface area contributed by atoms with Crippen LogP contribution in [0.15, 0.2) is 20.1 Å². The molecule has 0 spiro atoms. The van der Waals surface area contributed by atoms with Crippen molar-refractivity contribution in [1.29, 1.82) is 0 Å². The molecule has 0 radical (unpaired) electrons. The van der Waals surface area contributed by atoms with E-state index >= 15 is 0 Å². The number of primary amides is 2. The minimum atomic E-state index is -3.95. The number of carbonyl (C=O) groups excluding carboxylic acids is 2. The normalized spacial score (nSPS) is 11.7. The van der Waals surface area contributed by atoms with E-state index in [9.17, 15) is 18.0 Å². The fourth-order valence-corrected chi connectivity index (χ4v) is 4.67. The van der Waals surface area contributed by atoms with Crippen LogP contribution in [0.3, 0.4) is 0 Å². The standard InChI is InChI=1S/C8H10BrN3O4S2/c9-5-1-2-8(17-5)18(15,16)12(3-6(10)13)4-7(11)14/h1-2H,3-4H2,(H2,10,13)(H2,11,14). The van der Waals surface area contributed by atoms with Gasteiger partial charge >= 0.3 is 0 Å². The maximum absolute atomic E-state index is 12.1. The molecule has 0 saturated carbocycles. The summed E-state index contributed by atoms with van der Waals surface area (Å²) in [5, 5.41) is 0. The van der Waals surface area contributed by atoms with Gasteiger partial charge in [-0.1, -0.05) is 0 Å². The van der Waals surface area contributed by atoms with Gasteiger partial charge in [-0.05, 0) is 28.1 Å². The summed E-state index contributed by atoms with van der Waals surface area (Å²) in [6.45, 7) is -1.19. The molecule has 0 aromatic carbocycles. The Kier molecular flexibility index (Phi) is 4.85. The van der Waals surface area contributed by atoms with E-state index in [4.69, 9.17) is 11.5 Å². The molecule has 2 amide bonds. The highest BCUT2D eigenvalue weighted by Gasteiger charge is 2.28. The highest BCUT2D eigenvalue weighted by molar-refractivity contribution is 9.11. The molecular formula is C8H10BrN3O4S2. The van der Waals surface area contributed by atoms with Gasteiger partial charge < -0.3 is 11.5 Å². The number of rotatable bonds is 6. The summed E-state index contributed by atoms with van der Waals surface area (Å²) < 4.78 is 25.5. The van der Waals surface area contributed by atoms with Crippen molar-refractivity contribution in [2.24, 2.45) is 11.5 Å². The minimum Gasteiger partial charge on any atom is -0.369 e. The summed E-state index contributed by atoms with van der Waals surface area (Å²) in [4.78, 5) is 21.7. The maximum atomic E-state index is 12.1.